The van der Waals surface area contributed by atoms with Crippen molar-refractivity contribution in [2.75, 3.05) is 5.75 Å². The van der Waals surface area contributed by atoms with Crippen molar-refractivity contribution in [3.63, 3.8) is 0 Å². The molecule has 0 aliphatic rings. The Bertz CT molecular complexity index is 958. The number of carbonyl (C=O) groups excluding carboxylic acids is 1. The van der Waals surface area contributed by atoms with Crippen LogP contribution >= 0.6 is 46.7 Å². The number of rotatable bonds is 7. The maximum Gasteiger partial charge on any atom is 0.191 e. The lowest BCUT2D eigenvalue weighted by Gasteiger charge is -2.05. The fourth-order valence-corrected chi connectivity index (χ4v) is 4.51. The van der Waals surface area contributed by atoms with Crippen LogP contribution in [0.1, 0.15) is 21.7 Å². The molecule has 3 rings (SSSR count). The second kappa shape index (κ2) is 9.15. The predicted molar refractivity (Wildman–Crippen MR) is 113 cm³/mol. The van der Waals surface area contributed by atoms with Crippen molar-refractivity contribution >= 4 is 52.5 Å². The fourth-order valence-electron chi connectivity index (χ4n) is 2.30. The van der Waals surface area contributed by atoms with Gasteiger partial charge in [-0.15, -0.1) is 22.0 Å². The highest BCUT2D eigenvalue weighted by molar-refractivity contribution is 7.99. The Balaban J connectivity index is 1.60. The number of carbonyl (C=O) groups is 1. The zero-order chi connectivity index (χ0) is 19.4. The van der Waals surface area contributed by atoms with E-state index >= 15 is 0 Å². The molecular formula is C19H17Cl2N3OS2. The Hall–Kier alpha value is -1.47. The quantitative estimate of drug-likeness (QED) is 0.350. The highest BCUT2D eigenvalue weighted by Crippen LogP contribution is 2.26. The molecule has 0 amide bonds. The van der Waals surface area contributed by atoms with Crippen LogP contribution in [0.5, 0.6) is 0 Å². The summed E-state index contributed by atoms with van der Waals surface area (Å²) < 4.78 is 1.92. The van der Waals surface area contributed by atoms with Gasteiger partial charge in [0, 0.05) is 22.5 Å². The summed E-state index contributed by atoms with van der Waals surface area (Å²) in [7, 11) is 1.91. The summed E-state index contributed by atoms with van der Waals surface area (Å²) >= 11 is 15.0. The van der Waals surface area contributed by atoms with Crippen molar-refractivity contribution in [3.05, 3.63) is 69.5 Å². The third-order valence-corrected chi connectivity index (χ3v) is 6.45. The number of hydrogen-bond donors (Lipinski definition) is 0. The number of hydrogen-bond acceptors (Lipinski definition) is 5. The smallest absolute Gasteiger partial charge is 0.191 e. The third kappa shape index (κ3) is 5.29. The Kier molecular flexibility index (Phi) is 6.87. The van der Waals surface area contributed by atoms with Gasteiger partial charge >= 0.3 is 0 Å². The van der Waals surface area contributed by atoms with Crippen molar-refractivity contribution in [2.24, 2.45) is 7.05 Å². The summed E-state index contributed by atoms with van der Waals surface area (Å²) in [6.07, 6.45) is 0. The van der Waals surface area contributed by atoms with Crippen LogP contribution in [0.3, 0.4) is 0 Å². The lowest BCUT2D eigenvalue weighted by Crippen LogP contribution is -2.05. The van der Waals surface area contributed by atoms with E-state index in [0.29, 0.717) is 26.5 Å². The van der Waals surface area contributed by atoms with Gasteiger partial charge < -0.3 is 4.57 Å². The molecule has 0 aliphatic heterocycles. The standard InChI is InChI=1S/C19H17Cl2N3OS2/c1-12-3-6-14(7-4-12)26-11-18-22-23-19(24(18)2)27-10-17(25)15-8-5-13(20)9-16(15)21/h3-9H,10-11H2,1-2H3. The van der Waals surface area contributed by atoms with Gasteiger partial charge in [0.25, 0.3) is 0 Å². The highest BCUT2D eigenvalue weighted by atomic mass is 35.5. The van der Waals surface area contributed by atoms with Crippen molar-refractivity contribution in [2.45, 2.75) is 22.7 Å². The lowest BCUT2D eigenvalue weighted by molar-refractivity contribution is 0.102. The molecule has 2 aromatic carbocycles. The van der Waals surface area contributed by atoms with E-state index in [4.69, 9.17) is 23.2 Å². The number of nitrogens with zero attached hydrogens (tertiary/aromatic N) is 3. The number of aryl methyl sites for hydroxylation is 1. The van der Waals surface area contributed by atoms with Gasteiger partial charge in [0.15, 0.2) is 10.9 Å². The number of halogens is 2. The number of ketones is 1. The first-order valence-electron chi connectivity index (χ1n) is 8.13. The Labute approximate surface area is 176 Å². The molecular weight excluding hydrogens is 421 g/mol. The Morgan fingerprint density at radius 3 is 2.52 bits per heavy atom. The van der Waals surface area contributed by atoms with Crippen LogP contribution in [0.2, 0.25) is 10.0 Å². The van der Waals surface area contributed by atoms with Crippen LogP contribution < -0.4 is 0 Å². The van der Waals surface area contributed by atoms with Crippen LogP contribution in [0, 0.1) is 6.92 Å². The monoisotopic (exact) mass is 437 g/mol. The molecule has 0 radical (unpaired) electrons. The summed E-state index contributed by atoms with van der Waals surface area (Å²) in [5, 5.41) is 10.0. The number of thioether (sulfide) groups is 2. The van der Waals surface area contributed by atoms with Crippen LogP contribution in [0.4, 0.5) is 0 Å². The van der Waals surface area contributed by atoms with Gasteiger partial charge in [-0.2, -0.15) is 0 Å². The maximum absolute atomic E-state index is 12.4. The Morgan fingerprint density at radius 2 is 1.81 bits per heavy atom. The minimum Gasteiger partial charge on any atom is -0.308 e. The third-order valence-electron chi connectivity index (χ3n) is 3.88. The first-order chi connectivity index (χ1) is 12.9. The second-order valence-corrected chi connectivity index (χ2v) is 8.73. The zero-order valence-electron chi connectivity index (χ0n) is 14.8. The van der Waals surface area contributed by atoms with Crippen molar-refractivity contribution in [1.29, 1.82) is 0 Å². The van der Waals surface area contributed by atoms with E-state index in [9.17, 15) is 4.79 Å². The molecule has 1 aromatic heterocycles. The van der Waals surface area contributed by atoms with E-state index in [1.165, 1.54) is 22.2 Å². The minimum absolute atomic E-state index is 0.0692. The fraction of sp³-hybridized carbons (Fsp3) is 0.211. The van der Waals surface area contributed by atoms with Gasteiger partial charge in [-0.05, 0) is 37.3 Å². The molecule has 0 atom stereocenters. The average Bonchev–Trinajstić information content (AvgIpc) is 2.99. The van der Waals surface area contributed by atoms with E-state index in [1.54, 1.807) is 30.0 Å². The van der Waals surface area contributed by atoms with Crippen molar-refractivity contribution in [1.82, 2.24) is 14.8 Å². The van der Waals surface area contributed by atoms with Crippen molar-refractivity contribution < 1.29 is 4.79 Å². The van der Waals surface area contributed by atoms with Crippen LogP contribution in [0.15, 0.2) is 52.5 Å². The molecule has 0 aliphatic carbocycles. The largest absolute Gasteiger partial charge is 0.308 e. The molecule has 140 valence electrons. The summed E-state index contributed by atoms with van der Waals surface area (Å²) in [6.45, 7) is 2.07. The van der Waals surface area contributed by atoms with Crippen molar-refractivity contribution in [3.8, 4) is 0 Å². The molecule has 0 N–H and O–H groups in total. The van der Waals surface area contributed by atoms with Gasteiger partial charge in [0.1, 0.15) is 5.82 Å². The number of benzene rings is 2. The summed E-state index contributed by atoms with van der Waals surface area (Å²) in [4.78, 5) is 13.6. The van der Waals surface area contributed by atoms with Gasteiger partial charge in [-0.1, -0.05) is 52.7 Å². The van der Waals surface area contributed by atoms with E-state index in [0.717, 1.165) is 5.82 Å². The predicted octanol–water partition coefficient (Wildman–Crippen LogP) is 5.70. The molecule has 0 spiro atoms. The summed E-state index contributed by atoms with van der Waals surface area (Å²) in [6, 6.07) is 13.3. The molecule has 4 nitrogen and oxygen atoms in total. The average molecular weight is 438 g/mol. The molecule has 0 fully saturated rings. The zero-order valence-corrected chi connectivity index (χ0v) is 17.9. The minimum atomic E-state index is -0.0692. The summed E-state index contributed by atoms with van der Waals surface area (Å²) in [5.74, 6) is 1.74. The molecule has 27 heavy (non-hydrogen) atoms. The SMILES string of the molecule is Cc1ccc(SCc2nnc(SCC(=O)c3ccc(Cl)cc3Cl)n2C)cc1. The van der Waals surface area contributed by atoms with Gasteiger partial charge in [0.2, 0.25) is 0 Å². The maximum atomic E-state index is 12.4. The van der Waals surface area contributed by atoms with E-state index in [1.807, 2.05) is 11.6 Å². The van der Waals surface area contributed by atoms with Crippen LogP contribution in [0.25, 0.3) is 0 Å². The first-order valence-corrected chi connectivity index (χ1v) is 10.9. The lowest BCUT2D eigenvalue weighted by atomic mass is 10.1. The number of aromatic nitrogens is 3. The number of Topliss-reactive ketones (excluding diaryl/α,β-unsaturated/α-hetero) is 1. The molecule has 0 saturated carbocycles. The molecule has 1 heterocycles. The topological polar surface area (TPSA) is 47.8 Å². The normalized spacial score (nSPS) is 11.0. The molecule has 0 bridgehead atoms. The van der Waals surface area contributed by atoms with Gasteiger partial charge in [-0.25, -0.2) is 0 Å². The molecule has 3 aromatic rings. The van der Waals surface area contributed by atoms with Crippen LogP contribution in [-0.2, 0) is 12.8 Å². The van der Waals surface area contributed by atoms with E-state index in [-0.39, 0.29) is 11.5 Å². The molecule has 0 unspecified atom stereocenters. The first kappa shape index (κ1) is 20.3. The van der Waals surface area contributed by atoms with E-state index in [2.05, 4.69) is 41.4 Å². The van der Waals surface area contributed by atoms with Gasteiger partial charge in [-0.3, -0.25) is 4.79 Å². The Morgan fingerprint density at radius 1 is 1.07 bits per heavy atom. The van der Waals surface area contributed by atoms with Crippen LogP contribution in [-0.4, -0.2) is 26.3 Å². The van der Waals surface area contributed by atoms with E-state index < -0.39 is 0 Å². The second-order valence-electron chi connectivity index (χ2n) is 5.90. The summed E-state index contributed by atoms with van der Waals surface area (Å²) in [5.41, 5.74) is 1.70. The molecule has 8 heteroatoms. The highest BCUT2D eigenvalue weighted by Gasteiger charge is 2.15. The molecule has 0 saturated heterocycles. The van der Waals surface area contributed by atoms with Gasteiger partial charge in [0.05, 0.1) is 16.5 Å².